The number of guanidine groups is 1. The van der Waals surface area contributed by atoms with Gasteiger partial charge < -0.3 is 20.3 Å². The number of carbonyl (C=O) groups excluding carboxylic acids is 1. The lowest BCUT2D eigenvalue weighted by atomic mass is 10.1. The molecular formula is C22H26F3IN4O2. The molecule has 1 fully saturated rings. The van der Waals surface area contributed by atoms with Crippen molar-refractivity contribution in [2.24, 2.45) is 4.99 Å². The summed E-state index contributed by atoms with van der Waals surface area (Å²) in [6, 6.07) is 13.8. The molecule has 0 atom stereocenters. The molecule has 0 bridgehead atoms. The van der Waals surface area contributed by atoms with E-state index in [1.807, 2.05) is 29.2 Å². The third-order valence-electron chi connectivity index (χ3n) is 4.97. The number of rotatable bonds is 7. The van der Waals surface area contributed by atoms with Crippen LogP contribution in [-0.4, -0.2) is 36.7 Å². The average molecular weight is 562 g/mol. The van der Waals surface area contributed by atoms with Crippen LogP contribution in [0.2, 0.25) is 0 Å². The normalized spacial score (nSPS) is 14.2. The molecule has 0 aliphatic carbocycles. The lowest BCUT2D eigenvalue weighted by molar-refractivity contribution is -0.274. The van der Waals surface area contributed by atoms with Crippen LogP contribution < -0.4 is 15.4 Å². The summed E-state index contributed by atoms with van der Waals surface area (Å²) in [5, 5.41) is 6.18. The molecule has 2 aromatic carbocycles. The first-order valence-corrected chi connectivity index (χ1v) is 9.98. The molecule has 1 heterocycles. The number of alkyl halides is 3. The van der Waals surface area contributed by atoms with E-state index >= 15 is 0 Å². The largest absolute Gasteiger partial charge is 0.573 e. The molecule has 2 aromatic rings. The Bertz CT molecular complexity index is 937. The summed E-state index contributed by atoms with van der Waals surface area (Å²) in [6.07, 6.45) is -3.28. The van der Waals surface area contributed by atoms with Crippen molar-refractivity contribution < 1.29 is 22.7 Å². The molecule has 1 aliphatic heterocycles. The Hall–Kier alpha value is -2.50. The second kappa shape index (κ2) is 11.9. The monoisotopic (exact) mass is 562 g/mol. The number of nitrogens with zero attached hydrogens (tertiary/aromatic N) is 2. The topological polar surface area (TPSA) is 66.0 Å². The first-order valence-electron chi connectivity index (χ1n) is 9.98. The first-order chi connectivity index (χ1) is 14.9. The lowest BCUT2D eigenvalue weighted by Crippen LogP contribution is -2.37. The van der Waals surface area contributed by atoms with E-state index in [0.717, 1.165) is 24.1 Å². The number of likely N-dealkylation sites (tertiary alicyclic amines) is 1. The van der Waals surface area contributed by atoms with Crippen molar-refractivity contribution in [3.05, 3.63) is 65.2 Å². The predicted molar refractivity (Wildman–Crippen MR) is 127 cm³/mol. The number of benzene rings is 2. The summed E-state index contributed by atoms with van der Waals surface area (Å²) >= 11 is 0. The van der Waals surface area contributed by atoms with Gasteiger partial charge in [0.1, 0.15) is 5.75 Å². The van der Waals surface area contributed by atoms with Crippen LogP contribution in [0.5, 0.6) is 5.75 Å². The van der Waals surface area contributed by atoms with Gasteiger partial charge >= 0.3 is 6.36 Å². The Labute approximate surface area is 202 Å². The number of amides is 1. The van der Waals surface area contributed by atoms with Crippen molar-refractivity contribution in [2.45, 2.75) is 38.8 Å². The Morgan fingerprint density at radius 2 is 1.62 bits per heavy atom. The summed E-state index contributed by atoms with van der Waals surface area (Å²) in [6.45, 7) is 1.89. The molecule has 0 spiro atoms. The van der Waals surface area contributed by atoms with Gasteiger partial charge in [-0.15, -0.1) is 37.1 Å². The van der Waals surface area contributed by atoms with Gasteiger partial charge in [-0.1, -0.05) is 42.5 Å². The number of halogens is 4. The fourth-order valence-electron chi connectivity index (χ4n) is 3.41. The number of nitrogens with one attached hydrogen (secondary N) is 2. The van der Waals surface area contributed by atoms with E-state index < -0.39 is 6.36 Å². The maximum Gasteiger partial charge on any atom is 0.573 e. The highest BCUT2D eigenvalue weighted by atomic mass is 127. The van der Waals surface area contributed by atoms with E-state index in [4.69, 9.17) is 0 Å². The highest BCUT2D eigenvalue weighted by molar-refractivity contribution is 14.0. The van der Waals surface area contributed by atoms with Crippen molar-refractivity contribution in [1.29, 1.82) is 0 Å². The summed E-state index contributed by atoms with van der Waals surface area (Å²) in [7, 11) is 1.59. The SMILES string of the molecule is CN=C(NCc1ccccc1CN1CCCC1=O)NCc1ccccc1OC(F)(F)F.I. The summed E-state index contributed by atoms with van der Waals surface area (Å²) in [5.41, 5.74) is 2.42. The number of carbonyl (C=O) groups is 1. The zero-order valence-electron chi connectivity index (χ0n) is 17.6. The van der Waals surface area contributed by atoms with Crippen LogP contribution in [-0.2, 0) is 24.4 Å². The van der Waals surface area contributed by atoms with Gasteiger partial charge in [-0.25, -0.2) is 0 Å². The van der Waals surface area contributed by atoms with Crippen LogP contribution in [0.15, 0.2) is 53.5 Å². The zero-order chi connectivity index (χ0) is 22.3. The maximum absolute atomic E-state index is 12.6. The minimum absolute atomic E-state index is 0. The molecular weight excluding hydrogens is 536 g/mol. The van der Waals surface area contributed by atoms with Crippen molar-refractivity contribution in [3.8, 4) is 5.75 Å². The number of aliphatic imine (C=N–C) groups is 1. The molecule has 2 N–H and O–H groups in total. The maximum atomic E-state index is 12.6. The van der Waals surface area contributed by atoms with Gasteiger partial charge in [0, 0.05) is 45.2 Å². The number of hydrogen-bond donors (Lipinski definition) is 2. The molecule has 3 rings (SSSR count). The second-order valence-electron chi connectivity index (χ2n) is 7.12. The van der Waals surface area contributed by atoms with Crippen molar-refractivity contribution in [2.75, 3.05) is 13.6 Å². The first kappa shape index (κ1) is 25.8. The molecule has 0 radical (unpaired) electrons. The Morgan fingerprint density at radius 1 is 1.03 bits per heavy atom. The third-order valence-corrected chi connectivity index (χ3v) is 4.97. The van der Waals surface area contributed by atoms with Gasteiger partial charge in [-0.2, -0.15) is 0 Å². The fraction of sp³-hybridized carbons (Fsp3) is 0.364. The lowest BCUT2D eigenvalue weighted by Gasteiger charge is -2.19. The van der Waals surface area contributed by atoms with Crippen LogP contribution in [0.1, 0.15) is 29.5 Å². The molecule has 10 heteroatoms. The summed E-state index contributed by atoms with van der Waals surface area (Å²) in [4.78, 5) is 17.9. The summed E-state index contributed by atoms with van der Waals surface area (Å²) in [5.74, 6) is 0.354. The fourth-order valence-corrected chi connectivity index (χ4v) is 3.41. The van der Waals surface area contributed by atoms with E-state index in [1.54, 1.807) is 19.2 Å². The van der Waals surface area contributed by atoms with Gasteiger partial charge in [-0.05, 0) is 23.6 Å². The minimum atomic E-state index is -4.75. The molecule has 1 amide bonds. The zero-order valence-corrected chi connectivity index (χ0v) is 19.9. The van der Waals surface area contributed by atoms with Crippen LogP contribution in [0, 0.1) is 0 Å². The van der Waals surface area contributed by atoms with Crippen LogP contribution in [0.25, 0.3) is 0 Å². The van der Waals surface area contributed by atoms with E-state index in [9.17, 15) is 18.0 Å². The Kier molecular flexibility index (Phi) is 9.60. The predicted octanol–water partition coefficient (Wildman–Crippen LogP) is 4.19. The highest BCUT2D eigenvalue weighted by Crippen LogP contribution is 2.26. The average Bonchev–Trinajstić information content (AvgIpc) is 3.13. The highest BCUT2D eigenvalue weighted by Gasteiger charge is 2.32. The van der Waals surface area contributed by atoms with Crippen LogP contribution >= 0.6 is 24.0 Å². The van der Waals surface area contributed by atoms with Crippen LogP contribution in [0.3, 0.4) is 0 Å². The van der Waals surface area contributed by atoms with Gasteiger partial charge in [0.25, 0.3) is 0 Å². The Morgan fingerprint density at radius 3 is 2.22 bits per heavy atom. The summed E-state index contributed by atoms with van der Waals surface area (Å²) < 4.78 is 41.9. The third kappa shape index (κ3) is 7.57. The number of hydrogen-bond acceptors (Lipinski definition) is 3. The van der Waals surface area contributed by atoms with E-state index in [2.05, 4.69) is 20.4 Å². The standard InChI is InChI=1S/C22H25F3N4O2.HI/c1-26-21(28-14-17-8-4-5-10-19(17)31-22(23,24)25)27-13-16-7-2-3-9-18(16)15-29-12-6-11-20(29)30;/h2-5,7-10H,6,11-15H2,1H3,(H2,26,27,28);1H. The second-order valence-corrected chi connectivity index (χ2v) is 7.12. The van der Waals surface area contributed by atoms with Crippen molar-refractivity contribution in [1.82, 2.24) is 15.5 Å². The van der Waals surface area contributed by atoms with Gasteiger partial charge in [-0.3, -0.25) is 9.79 Å². The molecule has 0 saturated carbocycles. The molecule has 6 nitrogen and oxygen atoms in total. The minimum Gasteiger partial charge on any atom is -0.405 e. The number of ether oxygens (including phenoxy) is 1. The van der Waals surface area contributed by atoms with E-state index in [1.165, 1.54) is 12.1 Å². The molecule has 174 valence electrons. The molecule has 0 unspecified atom stereocenters. The van der Waals surface area contributed by atoms with Crippen molar-refractivity contribution >= 4 is 35.8 Å². The number of para-hydroxylation sites is 1. The van der Waals surface area contributed by atoms with Gasteiger partial charge in [0.2, 0.25) is 5.91 Å². The Balaban J connectivity index is 0.00000363. The van der Waals surface area contributed by atoms with Gasteiger partial charge in [0.05, 0.1) is 0 Å². The smallest absolute Gasteiger partial charge is 0.405 e. The molecule has 32 heavy (non-hydrogen) atoms. The quantitative estimate of drug-likeness (QED) is 0.302. The molecule has 1 saturated heterocycles. The van der Waals surface area contributed by atoms with Crippen molar-refractivity contribution in [3.63, 3.8) is 0 Å². The molecule has 1 aliphatic rings. The van der Waals surface area contributed by atoms with Crippen LogP contribution in [0.4, 0.5) is 13.2 Å². The van der Waals surface area contributed by atoms with E-state index in [0.29, 0.717) is 31.0 Å². The van der Waals surface area contributed by atoms with E-state index in [-0.39, 0.29) is 42.2 Å². The van der Waals surface area contributed by atoms with Gasteiger partial charge in [0.15, 0.2) is 5.96 Å². The molecule has 0 aromatic heterocycles.